The molecule has 1 unspecified atom stereocenters. The molecule has 2 heterocycles. The molecule has 14 heavy (non-hydrogen) atoms. The number of carbonyl (C=O) groups excluding carboxylic acids is 1. The first kappa shape index (κ1) is 10.1. The second-order valence-corrected chi connectivity index (χ2v) is 4.56. The molecular formula is C10H15NO2S. The van der Waals surface area contributed by atoms with E-state index < -0.39 is 0 Å². The van der Waals surface area contributed by atoms with E-state index in [2.05, 4.69) is 11.5 Å². The second-order valence-electron chi connectivity index (χ2n) is 3.62. The Labute approximate surface area is 88.5 Å². The third-order valence-electron chi connectivity index (χ3n) is 2.56. The summed E-state index contributed by atoms with van der Waals surface area (Å²) in [5.41, 5.74) is 0. The molecule has 2 rings (SSSR count). The van der Waals surface area contributed by atoms with E-state index in [1.807, 2.05) is 4.90 Å². The fourth-order valence-electron chi connectivity index (χ4n) is 1.69. The van der Waals surface area contributed by atoms with Crippen LogP contribution in [0.4, 0.5) is 0 Å². The Morgan fingerprint density at radius 3 is 2.93 bits per heavy atom. The summed E-state index contributed by atoms with van der Waals surface area (Å²) in [5, 5.41) is 2.09. The van der Waals surface area contributed by atoms with Crippen molar-refractivity contribution < 1.29 is 9.53 Å². The van der Waals surface area contributed by atoms with E-state index in [9.17, 15) is 4.79 Å². The van der Waals surface area contributed by atoms with Crippen molar-refractivity contribution >= 4 is 17.7 Å². The summed E-state index contributed by atoms with van der Waals surface area (Å²) < 4.78 is 5.21. The predicted molar refractivity (Wildman–Crippen MR) is 57.1 cm³/mol. The fourth-order valence-corrected chi connectivity index (χ4v) is 2.62. The zero-order valence-corrected chi connectivity index (χ0v) is 8.96. The summed E-state index contributed by atoms with van der Waals surface area (Å²) in [6.45, 7) is 2.92. The van der Waals surface area contributed by atoms with Gasteiger partial charge in [0.1, 0.15) is 0 Å². The summed E-state index contributed by atoms with van der Waals surface area (Å²) >= 11 is 1.79. The standard InChI is InChI=1S/C10H15NO2S/c12-10(7-9-1-6-14-8-9)11-2-4-13-5-3-11/h1,6,9H,2-5,7-8H2. The molecule has 0 radical (unpaired) electrons. The molecule has 0 aromatic heterocycles. The normalized spacial score (nSPS) is 26.9. The maximum absolute atomic E-state index is 11.8. The fraction of sp³-hybridized carbons (Fsp3) is 0.700. The number of allylic oxidation sites excluding steroid dienone is 1. The van der Waals surface area contributed by atoms with Crippen molar-refractivity contribution in [3.05, 3.63) is 11.5 Å². The Bertz CT molecular complexity index is 236. The molecule has 2 aliphatic heterocycles. The van der Waals surface area contributed by atoms with Gasteiger partial charge in [-0.1, -0.05) is 6.08 Å². The van der Waals surface area contributed by atoms with E-state index in [4.69, 9.17) is 4.74 Å². The zero-order valence-electron chi connectivity index (χ0n) is 8.15. The van der Waals surface area contributed by atoms with Crippen molar-refractivity contribution in [2.45, 2.75) is 6.42 Å². The Morgan fingerprint density at radius 2 is 2.29 bits per heavy atom. The predicted octanol–water partition coefficient (Wildman–Crippen LogP) is 1.11. The van der Waals surface area contributed by atoms with Gasteiger partial charge in [0.2, 0.25) is 5.91 Å². The van der Waals surface area contributed by atoms with Crippen LogP contribution >= 0.6 is 11.8 Å². The van der Waals surface area contributed by atoms with E-state index in [0.29, 0.717) is 25.6 Å². The van der Waals surface area contributed by atoms with E-state index >= 15 is 0 Å². The Balaban J connectivity index is 1.78. The van der Waals surface area contributed by atoms with Crippen LogP contribution < -0.4 is 0 Å². The lowest BCUT2D eigenvalue weighted by Crippen LogP contribution is -2.41. The van der Waals surface area contributed by atoms with Gasteiger partial charge < -0.3 is 9.64 Å². The third kappa shape index (κ3) is 2.51. The number of carbonyl (C=O) groups is 1. The Morgan fingerprint density at radius 1 is 1.50 bits per heavy atom. The Hall–Kier alpha value is -0.480. The van der Waals surface area contributed by atoms with E-state index in [1.54, 1.807) is 11.8 Å². The van der Waals surface area contributed by atoms with Crippen molar-refractivity contribution in [2.24, 2.45) is 5.92 Å². The van der Waals surface area contributed by atoms with Crippen molar-refractivity contribution in [1.29, 1.82) is 0 Å². The van der Waals surface area contributed by atoms with Gasteiger partial charge in [-0.15, -0.1) is 11.8 Å². The van der Waals surface area contributed by atoms with Crippen LogP contribution in [0, 0.1) is 5.92 Å². The number of ether oxygens (including phenoxy) is 1. The largest absolute Gasteiger partial charge is 0.378 e. The summed E-state index contributed by atoms with van der Waals surface area (Å²) in [6.07, 6.45) is 2.81. The minimum Gasteiger partial charge on any atom is -0.378 e. The molecule has 1 saturated heterocycles. The van der Waals surface area contributed by atoms with Gasteiger partial charge in [-0.25, -0.2) is 0 Å². The van der Waals surface area contributed by atoms with Crippen LogP contribution in [0.3, 0.4) is 0 Å². The quantitative estimate of drug-likeness (QED) is 0.688. The lowest BCUT2D eigenvalue weighted by atomic mass is 10.1. The molecule has 0 saturated carbocycles. The number of hydrogen-bond acceptors (Lipinski definition) is 3. The highest BCUT2D eigenvalue weighted by Gasteiger charge is 2.20. The molecule has 0 aromatic rings. The van der Waals surface area contributed by atoms with Crippen molar-refractivity contribution in [3.63, 3.8) is 0 Å². The molecule has 0 N–H and O–H groups in total. The number of morpholine rings is 1. The molecule has 0 aliphatic carbocycles. The van der Waals surface area contributed by atoms with Crippen LogP contribution in [-0.4, -0.2) is 42.9 Å². The molecule has 4 heteroatoms. The van der Waals surface area contributed by atoms with Crippen LogP contribution in [-0.2, 0) is 9.53 Å². The molecule has 0 aromatic carbocycles. The van der Waals surface area contributed by atoms with Gasteiger partial charge in [0.15, 0.2) is 0 Å². The smallest absolute Gasteiger partial charge is 0.223 e. The highest BCUT2D eigenvalue weighted by atomic mass is 32.2. The number of rotatable bonds is 2. The maximum atomic E-state index is 11.8. The van der Waals surface area contributed by atoms with Gasteiger partial charge in [0.05, 0.1) is 13.2 Å². The Kier molecular flexibility index (Phi) is 3.48. The molecule has 1 atom stereocenters. The molecule has 3 nitrogen and oxygen atoms in total. The number of nitrogens with zero attached hydrogens (tertiary/aromatic N) is 1. The minimum absolute atomic E-state index is 0.283. The molecular weight excluding hydrogens is 198 g/mol. The lowest BCUT2D eigenvalue weighted by Gasteiger charge is -2.27. The minimum atomic E-state index is 0.283. The molecule has 78 valence electrons. The average molecular weight is 213 g/mol. The molecule has 0 spiro atoms. The average Bonchev–Trinajstić information content (AvgIpc) is 2.72. The van der Waals surface area contributed by atoms with E-state index in [-0.39, 0.29) is 5.91 Å². The summed E-state index contributed by atoms with van der Waals surface area (Å²) in [5.74, 6) is 1.80. The van der Waals surface area contributed by atoms with Gasteiger partial charge in [0.25, 0.3) is 0 Å². The summed E-state index contributed by atoms with van der Waals surface area (Å²) in [7, 11) is 0. The lowest BCUT2D eigenvalue weighted by molar-refractivity contribution is -0.135. The van der Waals surface area contributed by atoms with Gasteiger partial charge in [0, 0.05) is 25.3 Å². The van der Waals surface area contributed by atoms with Crippen LogP contribution in [0.1, 0.15) is 6.42 Å². The highest BCUT2D eigenvalue weighted by Crippen LogP contribution is 2.23. The highest BCUT2D eigenvalue weighted by molar-refractivity contribution is 8.02. The van der Waals surface area contributed by atoms with Crippen LogP contribution in [0.25, 0.3) is 0 Å². The van der Waals surface area contributed by atoms with Crippen molar-refractivity contribution in [3.8, 4) is 0 Å². The van der Waals surface area contributed by atoms with Gasteiger partial charge in [-0.05, 0) is 11.3 Å². The topological polar surface area (TPSA) is 29.5 Å². The van der Waals surface area contributed by atoms with Crippen LogP contribution in [0.5, 0.6) is 0 Å². The monoisotopic (exact) mass is 213 g/mol. The van der Waals surface area contributed by atoms with E-state index in [1.165, 1.54) is 0 Å². The zero-order chi connectivity index (χ0) is 9.80. The molecule has 0 bridgehead atoms. The van der Waals surface area contributed by atoms with Crippen LogP contribution in [0.15, 0.2) is 11.5 Å². The SMILES string of the molecule is O=C(CC1C=CSC1)N1CCOCC1. The van der Waals surface area contributed by atoms with Crippen molar-refractivity contribution in [1.82, 2.24) is 4.90 Å². The van der Waals surface area contributed by atoms with Gasteiger partial charge in [-0.3, -0.25) is 4.79 Å². The maximum Gasteiger partial charge on any atom is 0.223 e. The summed E-state index contributed by atoms with van der Waals surface area (Å²) in [4.78, 5) is 13.7. The summed E-state index contributed by atoms with van der Waals surface area (Å²) in [6, 6.07) is 0. The first-order chi connectivity index (χ1) is 6.86. The third-order valence-corrected chi connectivity index (χ3v) is 3.53. The van der Waals surface area contributed by atoms with E-state index in [0.717, 1.165) is 18.8 Å². The van der Waals surface area contributed by atoms with Gasteiger partial charge in [-0.2, -0.15) is 0 Å². The number of amides is 1. The first-order valence-electron chi connectivity index (χ1n) is 5.00. The van der Waals surface area contributed by atoms with Crippen LogP contribution in [0.2, 0.25) is 0 Å². The number of hydrogen-bond donors (Lipinski definition) is 0. The second kappa shape index (κ2) is 4.84. The number of thioether (sulfide) groups is 1. The molecule has 2 aliphatic rings. The molecule has 1 amide bonds. The van der Waals surface area contributed by atoms with Crippen molar-refractivity contribution in [2.75, 3.05) is 32.1 Å². The van der Waals surface area contributed by atoms with Gasteiger partial charge >= 0.3 is 0 Å². The molecule has 1 fully saturated rings. The first-order valence-corrected chi connectivity index (χ1v) is 6.05.